The van der Waals surface area contributed by atoms with Crippen LogP contribution in [0.15, 0.2) is 29.0 Å². The van der Waals surface area contributed by atoms with Gasteiger partial charge >= 0.3 is 0 Å². The average molecular weight is 202 g/mol. The van der Waals surface area contributed by atoms with Crippen LogP contribution in [0.1, 0.15) is 11.7 Å². The highest BCUT2D eigenvalue weighted by molar-refractivity contribution is 5.50. The van der Waals surface area contributed by atoms with Gasteiger partial charge in [-0.15, -0.1) is 0 Å². The summed E-state index contributed by atoms with van der Waals surface area (Å²) in [6.07, 6.45) is 3.44. The summed E-state index contributed by atoms with van der Waals surface area (Å²) in [7, 11) is 0. The summed E-state index contributed by atoms with van der Waals surface area (Å²) in [4.78, 5) is 8.35. The SMILES string of the molecule is c1cncc(-c2nc(C3CNC3)no2)c1. The molecule has 1 aliphatic heterocycles. The van der Waals surface area contributed by atoms with Gasteiger partial charge in [-0.2, -0.15) is 4.98 Å². The summed E-state index contributed by atoms with van der Waals surface area (Å²) in [5.41, 5.74) is 0.864. The lowest BCUT2D eigenvalue weighted by Gasteiger charge is -2.23. The van der Waals surface area contributed by atoms with E-state index in [9.17, 15) is 0 Å². The van der Waals surface area contributed by atoms with Crippen LogP contribution in [0.3, 0.4) is 0 Å². The molecule has 1 saturated heterocycles. The fourth-order valence-electron chi connectivity index (χ4n) is 1.48. The van der Waals surface area contributed by atoms with E-state index in [2.05, 4.69) is 20.4 Å². The van der Waals surface area contributed by atoms with Crippen LogP contribution in [0.2, 0.25) is 0 Å². The van der Waals surface area contributed by atoms with Gasteiger partial charge in [-0.1, -0.05) is 5.16 Å². The third-order valence-electron chi connectivity index (χ3n) is 2.50. The van der Waals surface area contributed by atoms with Crippen LogP contribution in [0.4, 0.5) is 0 Å². The van der Waals surface area contributed by atoms with Crippen LogP contribution in [0, 0.1) is 0 Å². The zero-order valence-electron chi connectivity index (χ0n) is 8.05. The van der Waals surface area contributed by atoms with Gasteiger partial charge in [0.15, 0.2) is 5.82 Å². The maximum atomic E-state index is 5.18. The van der Waals surface area contributed by atoms with E-state index in [0.717, 1.165) is 24.5 Å². The number of nitrogens with one attached hydrogen (secondary N) is 1. The molecule has 0 spiro atoms. The first-order chi connectivity index (χ1) is 7.43. The third kappa shape index (κ3) is 1.50. The molecule has 5 nitrogen and oxygen atoms in total. The first-order valence-electron chi connectivity index (χ1n) is 4.88. The Balaban J connectivity index is 1.90. The quantitative estimate of drug-likeness (QED) is 0.781. The standard InChI is InChI=1S/C10H10N4O/c1-2-7(4-11-3-1)10-13-9(14-15-10)8-5-12-6-8/h1-4,8,12H,5-6H2. The Morgan fingerprint density at radius 1 is 1.40 bits per heavy atom. The molecule has 1 aliphatic rings. The maximum Gasteiger partial charge on any atom is 0.259 e. The average Bonchev–Trinajstić information content (AvgIpc) is 2.66. The summed E-state index contributed by atoms with van der Waals surface area (Å²) < 4.78 is 5.18. The Hall–Kier alpha value is -1.75. The molecule has 0 bridgehead atoms. The van der Waals surface area contributed by atoms with Gasteiger partial charge in [-0.3, -0.25) is 4.98 Å². The van der Waals surface area contributed by atoms with Crippen molar-refractivity contribution in [2.45, 2.75) is 5.92 Å². The Morgan fingerprint density at radius 2 is 2.33 bits per heavy atom. The molecule has 0 atom stereocenters. The van der Waals surface area contributed by atoms with Gasteiger partial charge in [0.1, 0.15) is 0 Å². The lowest BCUT2D eigenvalue weighted by molar-refractivity contribution is 0.382. The molecule has 2 aromatic rings. The smallest absolute Gasteiger partial charge is 0.259 e. The topological polar surface area (TPSA) is 63.8 Å². The maximum absolute atomic E-state index is 5.18. The Bertz CT molecular complexity index is 449. The monoisotopic (exact) mass is 202 g/mol. The van der Waals surface area contributed by atoms with E-state index in [0.29, 0.717) is 11.8 Å². The second-order valence-corrected chi connectivity index (χ2v) is 3.55. The molecular formula is C10H10N4O. The molecule has 0 aliphatic carbocycles. The molecule has 0 unspecified atom stereocenters. The molecule has 0 saturated carbocycles. The lowest BCUT2D eigenvalue weighted by atomic mass is 10.0. The van der Waals surface area contributed by atoms with Crippen molar-refractivity contribution >= 4 is 0 Å². The molecular weight excluding hydrogens is 192 g/mol. The minimum absolute atomic E-state index is 0.402. The Kier molecular flexibility index (Phi) is 1.96. The molecule has 1 N–H and O–H groups in total. The largest absolute Gasteiger partial charge is 0.334 e. The van der Waals surface area contributed by atoms with Crippen molar-refractivity contribution in [3.8, 4) is 11.5 Å². The minimum atomic E-state index is 0.402. The molecule has 3 heterocycles. The van der Waals surface area contributed by atoms with Crippen molar-refractivity contribution in [2.24, 2.45) is 0 Å². The van der Waals surface area contributed by atoms with E-state index in [4.69, 9.17) is 4.52 Å². The van der Waals surface area contributed by atoms with E-state index in [1.54, 1.807) is 12.4 Å². The molecule has 0 aromatic carbocycles. The van der Waals surface area contributed by atoms with Crippen molar-refractivity contribution in [3.63, 3.8) is 0 Å². The van der Waals surface area contributed by atoms with Gasteiger partial charge in [0.05, 0.1) is 5.56 Å². The number of aromatic nitrogens is 3. The van der Waals surface area contributed by atoms with Crippen molar-refractivity contribution in [3.05, 3.63) is 30.4 Å². The van der Waals surface area contributed by atoms with Gasteiger partial charge in [-0.05, 0) is 12.1 Å². The van der Waals surface area contributed by atoms with Gasteiger partial charge in [-0.25, -0.2) is 0 Å². The van der Waals surface area contributed by atoms with Crippen LogP contribution in [-0.2, 0) is 0 Å². The number of rotatable bonds is 2. The van der Waals surface area contributed by atoms with Gasteiger partial charge < -0.3 is 9.84 Å². The van der Waals surface area contributed by atoms with E-state index < -0.39 is 0 Å². The van der Waals surface area contributed by atoms with Gasteiger partial charge in [0, 0.05) is 31.4 Å². The zero-order chi connectivity index (χ0) is 10.1. The van der Waals surface area contributed by atoms with Crippen molar-refractivity contribution < 1.29 is 4.52 Å². The molecule has 1 fully saturated rings. The fourth-order valence-corrected chi connectivity index (χ4v) is 1.48. The molecule has 15 heavy (non-hydrogen) atoms. The number of pyridine rings is 1. The van der Waals surface area contributed by atoms with Crippen LogP contribution >= 0.6 is 0 Å². The first kappa shape index (κ1) is 8.55. The predicted octanol–water partition coefficient (Wildman–Crippen LogP) is 0.818. The number of hydrogen-bond donors (Lipinski definition) is 1. The lowest BCUT2D eigenvalue weighted by Crippen LogP contribution is -2.40. The third-order valence-corrected chi connectivity index (χ3v) is 2.50. The van der Waals surface area contributed by atoms with Crippen LogP contribution in [0.5, 0.6) is 0 Å². The fraction of sp³-hybridized carbons (Fsp3) is 0.300. The number of hydrogen-bond acceptors (Lipinski definition) is 5. The highest BCUT2D eigenvalue weighted by Gasteiger charge is 2.24. The van der Waals surface area contributed by atoms with Gasteiger partial charge in [0.2, 0.25) is 0 Å². The van der Waals surface area contributed by atoms with E-state index >= 15 is 0 Å². The summed E-state index contributed by atoms with van der Waals surface area (Å²) in [5.74, 6) is 1.73. The van der Waals surface area contributed by atoms with Crippen LogP contribution in [-0.4, -0.2) is 28.2 Å². The van der Waals surface area contributed by atoms with Crippen LogP contribution < -0.4 is 5.32 Å². The predicted molar refractivity (Wildman–Crippen MR) is 53.1 cm³/mol. The van der Waals surface area contributed by atoms with Crippen molar-refractivity contribution in [1.29, 1.82) is 0 Å². The minimum Gasteiger partial charge on any atom is -0.334 e. The van der Waals surface area contributed by atoms with Crippen molar-refractivity contribution in [1.82, 2.24) is 20.4 Å². The molecule has 76 valence electrons. The molecule has 2 aromatic heterocycles. The molecule has 0 radical (unpaired) electrons. The van der Waals surface area contributed by atoms with Crippen LogP contribution in [0.25, 0.3) is 11.5 Å². The normalized spacial score (nSPS) is 16.3. The molecule has 5 heteroatoms. The first-order valence-corrected chi connectivity index (χ1v) is 4.88. The van der Waals surface area contributed by atoms with E-state index in [-0.39, 0.29) is 0 Å². The molecule has 3 rings (SSSR count). The van der Waals surface area contributed by atoms with E-state index in [1.165, 1.54) is 0 Å². The van der Waals surface area contributed by atoms with Gasteiger partial charge in [0.25, 0.3) is 5.89 Å². The highest BCUT2D eigenvalue weighted by Crippen LogP contribution is 2.21. The summed E-state index contributed by atoms with van der Waals surface area (Å²) in [5, 5.41) is 7.14. The second kappa shape index (κ2) is 3.43. The second-order valence-electron chi connectivity index (χ2n) is 3.55. The van der Waals surface area contributed by atoms with E-state index in [1.807, 2.05) is 12.1 Å². The summed E-state index contributed by atoms with van der Waals surface area (Å²) in [6.45, 7) is 1.87. The number of nitrogens with zero attached hydrogens (tertiary/aromatic N) is 3. The summed E-state index contributed by atoms with van der Waals surface area (Å²) in [6, 6.07) is 3.76. The summed E-state index contributed by atoms with van der Waals surface area (Å²) >= 11 is 0. The Morgan fingerprint density at radius 3 is 3.00 bits per heavy atom. The van der Waals surface area contributed by atoms with Crippen molar-refractivity contribution in [2.75, 3.05) is 13.1 Å². The molecule has 0 amide bonds. The Labute approximate surface area is 86.5 Å². The zero-order valence-corrected chi connectivity index (χ0v) is 8.05. The highest BCUT2D eigenvalue weighted by atomic mass is 16.5.